The molecule has 2 aromatic rings. The Hall–Kier alpha value is -0.800. The minimum atomic E-state index is -0.317. The lowest BCUT2D eigenvalue weighted by atomic mass is 9.97. The molecule has 0 bridgehead atoms. The number of hydrogen-bond acceptors (Lipinski definition) is 1. The van der Waals surface area contributed by atoms with Crippen LogP contribution in [0.3, 0.4) is 0 Å². The third kappa shape index (κ3) is 3.09. The summed E-state index contributed by atoms with van der Waals surface area (Å²) in [6.07, 6.45) is 0. The van der Waals surface area contributed by atoms with Crippen molar-refractivity contribution in [3.63, 3.8) is 0 Å². The van der Waals surface area contributed by atoms with Crippen LogP contribution in [0.25, 0.3) is 0 Å². The van der Waals surface area contributed by atoms with Gasteiger partial charge in [0.2, 0.25) is 0 Å². The second-order valence-electron chi connectivity index (χ2n) is 4.52. The molecule has 1 N–H and O–H groups in total. The van der Waals surface area contributed by atoms with Crippen molar-refractivity contribution in [1.82, 2.24) is 5.32 Å². The first-order chi connectivity index (χ1) is 9.43. The lowest BCUT2D eigenvalue weighted by Gasteiger charge is -2.20. The Morgan fingerprint density at radius 2 is 1.70 bits per heavy atom. The van der Waals surface area contributed by atoms with Crippen molar-refractivity contribution in [2.75, 3.05) is 7.05 Å². The first-order valence-electron chi connectivity index (χ1n) is 6.01. The van der Waals surface area contributed by atoms with E-state index in [0.29, 0.717) is 20.6 Å². The van der Waals surface area contributed by atoms with E-state index in [1.807, 2.05) is 13.1 Å². The van der Waals surface area contributed by atoms with Gasteiger partial charge in [-0.05, 0) is 54.9 Å². The van der Waals surface area contributed by atoms with Crippen molar-refractivity contribution in [2.24, 2.45) is 0 Å². The quantitative estimate of drug-likeness (QED) is 0.793. The molecule has 1 nitrogen and oxygen atoms in total. The highest BCUT2D eigenvalue weighted by molar-refractivity contribution is 6.42. The molecular weight excluding hydrogens is 320 g/mol. The lowest BCUT2D eigenvalue weighted by molar-refractivity contribution is 0.614. The summed E-state index contributed by atoms with van der Waals surface area (Å²) in [6, 6.07) is 8.25. The summed E-state index contributed by atoms with van der Waals surface area (Å²) >= 11 is 18.1. The van der Waals surface area contributed by atoms with Gasteiger partial charge >= 0.3 is 0 Å². The van der Waals surface area contributed by atoms with Crippen molar-refractivity contribution < 1.29 is 4.39 Å². The second-order valence-corrected chi connectivity index (χ2v) is 5.74. The molecule has 1 atom stereocenters. The molecule has 0 aromatic heterocycles. The van der Waals surface area contributed by atoms with Gasteiger partial charge in [0.1, 0.15) is 5.82 Å². The highest BCUT2D eigenvalue weighted by Gasteiger charge is 2.18. The minimum absolute atomic E-state index is 0.184. The van der Waals surface area contributed by atoms with Crippen LogP contribution >= 0.6 is 34.8 Å². The molecule has 0 heterocycles. The van der Waals surface area contributed by atoms with E-state index in [-0.39, 0.29) is 11.9 Å². The Kier molecular flexibility index (Phi) is 4.92. The topological polar surface area (TPSA) is 12.0 Å². The largest absolute Gasteiger partial charge is 0.309 e. The van der Waals surface area contributed by atoms with Crippen LogP contribution in [0.2, 0.25) is 15.1 Å². The van der Waals surface area contributed by atoms with Gasteiger partial charge in [0.25, 0.3) is 0 Å². The van der Waals surface area contributed by atoms with Crippen molar-refractivity contribution in [1.29, 1.82) is 0 Å². The van der Waals surface area contributed by atoms with E-state index < -0.39 is 0 Å². The van der Waals surface area contributed by atoms with Gasteiger partial charge in [-0.15, -0.1) is 0 Å². The van der Waals surface area contributed by atoms with Crippen LogP contribution in [-0.2, 0) is 0 Å². The maximum absolute atomic E-state index is 13.5. The normalized spacial score (nSPS) is 12.5. The maximum atomic E-state index is 13.5. The zero-order chi connectivity index (χ0) is 14.9. The van der Waals surface area contributed by atoms with E-state index in [1.165, 1.54) is 6.07 Å². The van der Waals surface area contributed by atoms with Crippen molar-refractivity contribution in [3.8, 4) is 0 Å². The Morgan fingerprint density at radius 3 is 2.30 bits per heavy atom. The number of aryl methyl sites for hydroxylation is 1. The molecule has 0 aliphatic carbocycles. The summed E-state index contributed by atoms with van der Waals surface area (Å²) in [7, 11) is 1.81. The summed E-state index contributed by atoms with van der Waals surface area (Å²) in [6.45, 7) is 1.71. The average Bonchev–Trinajstić information content (AvgIpc) is 2.40. The highest BCUT2D eigenvalue weighted by Crippen LogP contribution is 2.33. The highest BCUT2D eigenvalue weighted by atomic mass is 35.5. The fourth-order valence-electron chi connectivity index (χ4n) is 2.09. The first-order valence-corrected chi connectivity index (χ1v) is 7.15. The molecule has 20 heavy (non-hydrogen) atoms. The van der Waals surface area contributed by atoms with E-state index >= 15 is 0 Å². The van der Waals surface area contributed by atoms with Gasteiger partial charge in [-0.25, -0.2) is 4.39 Å². The van der Waals surface area contributed by atoms with E-state index in [2.05, 4.69) is 5.32 Å². The van der Waals surface area contributed by atoms with Crippen LogP contribution in [0.4, 0.5) is 4.39 Å². The zero-order valence-electron chi connectivity index (χ0n) is 11.0. The summed E-state index contributed by atoms with van der Waals surface area (Å²) in [5.41, 5.74) is 2.26. The van der Waals surface area contributed by atoms with Gasteiger partial charge < -0.3 is 5.32 Å². The van der Waals surface area contributed by atoms with E-state index in [9.17, 15) is 4.39 Å². The second kappa shape index (κ2) is 6.31. The standard InChI is InChI=1S/C15H13Cl3FN/c1-8-5-10(12(17)7-14(8)19)15(20-2)9-3-4-11(16)13(18)6-9/h3-7,15,20H,1-2H3. The van der Waals surface area contributed by atoms with Crippen LogP contribution in [0.5, 0.6) is 0 Å². The zero-order valence-corrected chi connectivity index (χ0v) is 13.2. The molecule has 0 spiro atoms. The average molecular weight is 333 g/mol. The molecule has 0 aliphatic rings. The fraction of sp³-hybridized carbons (Fsp3) is 0.200. The van der Waals surface area contributed by atoms with Crippen LogP contribution in [0.1, 0.15) is 22.7 Å². The monoisotopic (exact) mass is 331 g/mol. The molecule has 0 aliphatic heterocycles. The number of benzene rings is 2. The smallest absolute Gasteiger partial charge is 0.127 e. The molecule has 0 saturated heterocycles. The SMILES string of the molecule is CNC(c1ccc(Cl)c(Cl)c1)c1cc(C)c(F)cc1Cl. The summed E-state index contributed by atoms with van der Waals surface area (Å²) in [4.78, 5) is 0. The Balaban J connectivity index is 2.52. The Labute approximate surface area is 132 Å². The maximum Gasteiger partial charge on any atom is 0.127 e. The molecule has 0 fully saturated rings. The first kappa shape index (κ1) is 15.6. The van der Waals surface area contributed by atoms with Gasteiger partial charge in [0.05, 0.1) is 16.1 Å². The summed E-state index contributed by atoms with van der Waals surface area (Å²) in [5.74, 6) is -0.317. The van der Waals surface area contributed by atoms with Gasteiger partial charge in [-0.2, -0.15) is 0 Å². The van der Waals surface area contributed by atoms with Crippen LogP contribution < -0.4 is 5.32 Å². The van der Waals surface area contributed by atoms with Gasteiger partial charge in [-0.3, -0.25) is 0 Å². The molecular formula is C15H13Cl3FN. The molecule has 0 saturated carbocycles. The Bertz CT molecular complexity index is 643. The number of rotatable bonds is 3. The van der Waals surface area contributed by atoms with Gasteiger partial charge in [-0.1, -0.05) is 40.9 Å². The third-order valence-corrected chi connectivity index (χ3v) is 4.22. The fourth-order valence-corrected chi connectivity index (χ4v) is 2.66. The van der Waals surface area contributed by atoms with Crippen molar-refractivity contribution in [3.05, 3.63) is 67.9 Å². The molecule has 5 heteroatoms. The van der Waals surface area contributed by atoms with Crippen LogP contribution in [0, 0.1) is 12.7 Å². The molecule has 0 radical (unpaired) electrons. The van der Waals surface area contributed by atoms with Gasteiger partial charge in [0, 0.05) is 5.02 Å². The lowest BCUT2D eigenvalue weighted by Crippen LogP contribution is -2.18. The summed E-state index contributed by atoms with van der Waals surface area (Å²) < 4.78 is 13.5. The molecule has 2 rings (SSSR count). The number of nitrogens with one attached hydrogen (secondary N) is 1. The van der Waals surface area contributed by atoms with E-state index in [0.717, 1.165) is 11.1 Å². The van der Waals surface area contributed by atoms with Crippen LogP contribution in [-0.4, -0.2) is 7.05 Å². The molecule has 1 unspecified atom stereocenters. The summed E-state index contributed by atoms with van der Waals surface area (Å²) in [5, 5.41) is 4.50. The molecule has 0 amide bonds. The number of halogens is 4. The van der Waals surface area contributed by atoms with Crippen molar-refractivity contribution >= 4 is 34.8 Å². The van der Waals surface area contributed by atoms with E-state index in [4.69, 9.17) is 34.8 Å². The third-order valence-electron chi connectivity index (χ3n) is 3.15. The van der Waals surface area contributed by atoms with Gasteiger partial charge in [0.15, 0.2) is 0 Å². The molecule has 106 valence electrons. The van der Waals surface area contributed by atoms with E-state index in [1.54, 1.807) is 25.1 Å². The minimum Gasteiger partial charge on any atom is -0.309 e. The Morgan fingerprint density at radius 1 is 1.00 bits per heavy atom. The van der Waals surface area contributed by atoms with Crippen molar-refractivity contribution in [2.45, 2.75) is 13.0 Å². The van der Waals surface area contributed by atoms with Crippen LogP contribution in [0.15, 0.2) is 30.3 Å². The molecule has 2 aromatic carbocycles. The predicted molar refractivity (Wildman–Crippen MR) is 83.5 cm³/mol. The predicted octanol–water partition coefficient (Wildman–Crippen LogP) is 5.40. The number of hydrogen-bond donors (Lipinski definition) is 1.